The molecule has 4 unspecified atom stereocenters. The first-order valence-electron chi connectivity index (χ1n) is 42.8. The van der Waals surface area contributed by atoms with E-state index in [4.69, 9.17) is 15.2 Å². The Morgan fingerprint density at radius 1 is 0.407 bits per heavy atom. The Morgan fingerprint density at radius 3 is 1.13 bits per heavy atom. The molecular weight excluding hydrogens is 1570 g/mol. The number of benzene rings is 9. The second kappa shape index (κ2) is 41.4. The molecule has 4 heterocycles. The number of amides is 7. The third-order valence-corrected chi connectivity index (χ3v) is 23.8. The third-order valence-electron chi connectivity index (χ3n) is 23.8. The number of aryl methyl sites for hydroxylation is 4. The minimum atomic E-state index is -0.920. The van der Waals surface area contributed by atoms with Gasteiger partial charge < -0.3 is 81.5 Å². The average molecular weight is 1680 g/mol. The first-order chi connectivity index (χ1) is 59.5. The monoisotopic (exact) mass is 1680 g/mol. The number of anilines is 2. The molecule has 0 fully saturated rings. The van der Waals surface area contributed by atoms with Gasteiger partial charge in [-0.25, -0.2) is 28.8 Å². The standard InChI is InChI=1S/C29H31N5O2.C25H29N3O3.C23H25N3O3.C22H24N2O2.ClH/c1-2-31-29(36)34(16-15-21-18-32-25-9-5-3-7-22(21)25)27-14-12-19-17-20(11-13-23(19)27)28(35)33-26-10-6-4-8-24(26)30;1-3-26-25(30)28(14-13-19-16-27-22-8-6-5-7-20(19)22)23-12-10-17-15-18(9-11-21(17)23)24(29)31-4-2;1-2-24-23(29)26(12-11-17-14-25-20-6-4-3-5-18(17)20)21-10-8-15-13-16(22(27)28)7-9-19(15)21;1-2-26-22(25)16-7-9-19-15(13-16)8-10-21(19)23-12-11-17-14-24-20-6-4-3-5-18(17)20;/h3-11,13,17-18,27,32H,2,12,14-16,30H2,1H3,(H,31,36)(H,33,35);5-9,11,15-16,23,27H,3-4,10,12-14H2,1-2H3,(H,26,30);3-7,9,13-14,21,25H,2,8,10-12H2,1H3,(H,24,29)(H,27,28);3-7,9,13-14,21,23-24H,2,8,10-12H2,1H3;1H. The third kappa shape index (κ3) is 20.6. The van der Waals surface area contributed by atoms with E-state index >= 15 is 0 Å². The molecule has 17 rings (SSSR count). The molecule has 638 valence electrons. The summed E-state index contributed by atoms with van der Waals surface area (Å²) in [6.07, 6.45) is 18.5. The van der Waals surface area contributed by atoms with Gasteiger partial charge in [0.2, 0.25) is 0 Å². The number of halogens is 1. The highest BCUT2D eigenvalue weighted by molar-refractivity contribution is 6.06. The van der Waals surface area contributed by atoms with Crippen LogP contribution in [0.4, 0.5) is 25.8 Å². The van der Waals surface area contributed by atoms with Gasteiger partial charge in [-0.05, 0) is 270 Å². The second-order valence-electron chi connectivity index (χ2n) is 31.2. The lowest BCUT2D eigenvalue weighted by Crippen LogP contribution is -2.42. The number of aromatic nitrogens is 4. The molecule has 0 radical (unpaired) electrons. The van der Waals surface area contributed by atoms with Crippen molar-refractivity contribution in [1.29, 1.82) is 0 Å². The van der Waals surface area contributed by atoms with E-state index in [9.17, 15) is 38.7 Å². The van der Waals surface area contributed by atoms with Crippen LogP contribution in [-0.2, 0) is 60.8 Å². The molecule has 0 saturated carbocycles. The van der Waals surface area contributed by atoms with Crippen molar-refractivity contribution < 1.29 is 48.1 Å². The molecule has 0 bridgehead atoms. The molecule has 4 aromatic heterocycles. The highest BCUT2D eigenvalue weighted by Crippen LogP contribution is 2.41. The number of carbonyl (C=O) groups is 7. The van der Waals surface area contributed by atoms with Crippen LogP contribution in [0.25, 0.3) is 43.6 Å². The van der Waals surface area contributed by atoms with Crippen LogP contribution in [0, 0.1) is 0 Å². The summed E-state index contributed by atoms with van der Waals surface area (Å²) in [7, 11) is 0. The number of carbonyl (C=O) groups excluding carboxylic acids is 6. The number of nitrogens with two attached hydrogens (primary N) is 1. The van der Waals surface area contributed by atoms with Crippen LogP contribution in [-0.4, -0.2) is 141 Å². The van der Waals surface area contributed by atoms with E-state index in [1.807, 2.05) is 170 Å². The van der Waals surface area contributed by atoms with E-state index in [0.717, 1.165) is 134 Å². The Labute approximate surface area is 723 Å². The number of esters is 2. The van der Waals surface area contributed by atoms with Gasteiger partial charge in [-0.3, -0.25) is 4.79 Å². The van der Waals surface area contributed by atoms with Crippen LogP contribution >= 0.6 is 12.4 Å². The Bertz CT molecular complexity index is 5910. The topological polar surface area (TPSA) is 317 Å². The number of para-hydroxylation sites is 6. The zero-order valence-electron chi connectivity index (χ0n) is 70.4. The van der Waals surface area contributed by atoms with Crippen molar-refractivity contribution in [2.45, 2.75) is 136 Å². The molecule has 123 heavy (non-hydrogen) atoms. The maximum atomic E-state index is 13.1. The number of rotatable bonds is 26. The lowest BCUT2D eigenvalue weighted by molar-refractivity contribution is 0.0516. The summed E-state index contributed by atoms with van der Waals surface area (Å²) >= 11 is 0. The van der Waals surface area contributed by atoms with Crippen LogP contribution in [0.15, 0.2) is 219 Å². The van der Waals surface area contributed by atoms with Gasteiger partial charge in [0.1, 0.15) is 0 Å². The average Bonchev–Trinajstić information content (AvgIpc) is 1.61. The molecule has 0 aliphatic heterocycles. The fraction of sp³-hybridized carbons (Fsp3) is 0.303. The number of hydrogen-bond acceptors (Lipinski definition) is 11. The van der Waals surface area contributed by atoms with Crippen molar-refractivity contribution in [2.24, 2.45) is 0 Å². The molecular formula is C99H110ClN13O10. The van der Waals surface area contributed by atoms with Crippen LogP contribution in [0.5, 0.6) is 0 Å². The number of aromatic amines is 4. The summed E-state index contributed by atoms with van der Waals surface area (Å²) in [6.45, 7) is 14.7. The zero-order chi connectivity index (χ0) is 85.2. The first kappa shape index (κ1) is 87.7. The molecule has 4 aliphatic rings. The second-order valence-corrected chi connectivity index (χ2v) is 31.2. The molecule has 23 nitrogen and oxygen atoms in total. The van der Waals surface area contributed by atoms with E-state index in [0.29, 0.717) is 92.2 Å². The predicted octanol–water partition coefficient (Wildman–Crippen LogP) is 18.6. The molecule has 24 heteroatoms. The van der Waals surface area contributed by atoms with Crippen molar-refractivity contribution >= 4 is 109 Å². The number of nitrogen functional groups attached to an aromatic ring is 1. The summed E-state index contributed by atoms with van der Waals surface area (Å²) in [4.78, 5) is 106. The van der Waals surface area contributed by atoms with E-state index in [1.54, 1.807) is 31.2 Å². The van der Waals surface area contributed by atoms with Gasteiger partial charge in [0.15, 0.2) is 0 Å². The lowest BCUT2D eigenvalue weighted by Gasteiger charge is -2.30. The Balaban J connectivity index is 0.000000142. The molecule has 12 N–H and O–H groups in total. The molecule has 7 amide bonds. The van der Waals surface area contributed by atoms with Crippen molar-refractivity contribution in [1.82, 2.24) is 55.9 Å². The molecule has 4 atom stereocenters. The molecule has 0 spiro atoms. The number of urea groups is 3. The summed E-state index contributed by atoms with van der Waals surface area (Å²) in [5.41, 5.74) is 27.8. The van der Waals surface area contributed by atoms with E-state index in [1.165, 1.54) is 60.4 Å². The quantitative estimate of drug-likeness (QED) is 0.0178. The largest absolute Gasteiger partial charge is 0.478 e. The van der Waals surface area contributed by atoms with E-state index in [2.05, 4.69) is 113 Å². The van der Waals surface area contributed by atoms with Gasteiger partial charge in [0, 0.05) is 119 Å². The summed E-state index contributed by atoms with van der Waals surface area (Å²) < 4.78 is 10.2. The van der Waals surface area contributed by atoms with Gasteiger partial charge in [-0.15, -0.1) is 12.4 Å². The normalized spacial score (nSPS) is 15.0. The maximum absolute atomic E-state index is 13.1. The minimum absolute atomic E-state index is 0. The number of nitrogens with one attached hydrogen (secondary N) is 9. The number of carboxylic acids is 1. The van der Waals surface area contributed by atoms with Crippen molar-refractivity contribution in [2.75, 3.05) is 70.1 Å². The van der Waals surface area contributed by atoms with Crippen molar-refractivity contribution in [3.63, 3.8) is 0 Å². The summed E-state index contributed by atoms with van der Waals surface area (Å²) in [5.74, 6) is -1.64. The maximum Gasteiger partial charge on any atom is 0.338 e. The highest BCUT2D eigenvalue weighted by Gasteiger charge is 2.36. The number of aromatic carboxylic acids is 1. The number of nitrogens with zero attached hydrogens (tertiary/aromatic N) is 3. The van der Waals surface area contributed by atoms with Gasteiger partial charge >= 0.3 is 36.0 Å². The van der Waals surface area contributed by atoms with Gasteiger partial charge in [-0.2, -0.15) is 0 Å². The Kier molecular flexibility index (Phi) is 29.5. The van der Waals surface area contributed by atoms with Crippen LogP contribution < -0.4 is 32.3 Å². The van der Waals surface area contributed by atoms with Crippen LogP contribution in [0.3, 0.4) is 0 Å². The van der Waals surface area contributed by atoms with Crippen LogP contribution in [0.2, 0.25) is 0 Å². The molecule has 9 aromatic carbocycles. The van der Waals surface area contributed by atoms with Crippen molar-refractivity contribution in [3.05, 3.63) is 308 Å². The number of ether oxygens (including phenoxy) is 2. The SMILES string of the molecule is CCNC(=O)N(CCc1c[nH]c2ccccc12)C1CCc2cc(C(=O)Nc3ccccc3N)ccc21.CCNC(=O)N(CCc1c[nH]c2ccccc12)C1CCc2cc(C(=O)O)ccc21.CCNC(=O)N(CCc1c[nH]c2ccccc12)C1CCc2cc(C(=O)OCC)ccc21.CCOC(=O)c1ccc2c(c1)CCC2NCCc1c[nH]c2ccccc12.Cl. The highest BCUT2D eigenvalue weighted by atomic mass is 35.5. The van der Waals surface area contributed by atoms with Gasteiger partial charge in [0.25, 0.3) is 5.91 Å². The first-order valence-corrected chi connectivity index (χ1v) is 42.8. The van der Waals surface area contributed by atoms with E-state index in [-0.39, 0.29) is 66.5 Å². The molecule has 13 aromatic rings. The predicted molar refractivity (Wildman–Crippen MR) is 488 cm³/mol. The fourth-order valence-corrected chi connectivity index (χ4v) is 17.8. The Morgan fingerprint density at radius 2 is 0.740 bits per heavy atom. The molecule has 0 saturated heterocycles. The fourth-order valence-electron chi connectivity index (χ4n) is 17.8. The zero-order valence-corrected chi connectivity index (χ0v) is 71.2. The van der Waals surface area contributed by atoms with E-state index < -0.39 is 5.97 Å². The number of fused-ring (bicyclic) bond motifs is 8. The number of hydrogen-bond donors (Lipinski definition) is 11. The van der Waals surface area contributed by atoms with Crippen molar-refractivity contribution in [3.8, 4) is 0 Å². The van der Waals surface area contributed by atoms with Crippen LogP contribution in [0.1, 0.15) is 193 Å². The minimum Gasteiger partial charge on any atom is -0.478 e. The summed E-state index contributed by atoms with van der Waals surface area (Å²) in [6, 6.07) is 63.1. The number of carboxylic acid groups (broad SMARTS) is 1. The molecule has 4 aliphatic carbocycles. The smallest absolute Gasteiger partial charge is 0.338 e. The van der Waals surface area contributed by atoms with Gasteiger partial charge in [0.05, 0.1) is 59.4 Å². The van der Waals surface area contributed by atoms with Gasteiger partial charge in [-0.1, -0.05) is 109 Å². The number of H-pyrrole nitrogens is 4. The summed E-state index contributed by atoms with van der Waals surface area (Å²) in [5, 5.41) is 29.6. The Hall–Kier alpha value is -13.1. The lowest BCUT2D eigenvalue weighted by atomic mass is 10.0.